The number of hydrogen-bond donors (Lipinski definition) is 4. The van der Waals surface area contributed by atoms with E-state index in [-0.39, 0.29) is 5.75 Å². The second-order valence-electron chi connectivity index (χ2n) is 7.81. The van der Waals surface area contributed by atoms with Gasteiger partial charge < -0.3 is 20.4 Å². The summed E-state index contributed by atoms with van der Waals surface area (Å²) in [5.74, 6) is 1.06. The molecular formula is C22H24FN7O. The maximum atomic E-state index is 15.0. The predicted molar refractivity (Wildman–Crippen MR) is 119 cm³/mol. The lowest BCUT2D eigenvalue weighted by atomic mass is 10.0. The van der Waals surface area contributed by atoms with Gasteiger partial charge in [-0.1, -0.05) is 6.08 Å². The van der Waals surface area contributed by atoms with E-state index in [1.165, 1.54) is 0 Å². The number of rotatable bonds is 4. The van der Waals surface area contributed by atoms with E-state index in [1.807, 2.05) is 19.9 Å². The lowest BCUT2D eigenvalue weighted by Crippen LogP contribution is -2.31. The van der Waals surface area contributed by atoms with Gasteiger partial charge in [-0.2, -0.15) is 5.10 Å². The zero-order valence-corrected chi connectivity index (χ0v) is 17.4. The van der Waals surface area contributed by atoms with Crippen LogP contribution in [0.25, 0.3) is 10.9 Å². The molecule has 1 unspecified atom stereocenters. The largest absolute Gasteiger partial charge is 0.446 e. The first kappa shape index (κ1) is 19.5. The van der Waals surface area contributed by atoms with Crippen LogP contribution in [0.2, 0.25) is 0 Å². The van der Waals surface area contributed by atoms with E-state index in [1.54, 1.807) is 18.2 Å². The zero-order chi connectivity index (χ0) is 21.4. The van der Waals surface area contributed by atoms with Gasteiger partial charge >= 0.3 is 0 Å². The van der Waals surface area contributed by atoms with Gasteiger partial charge in [-0.3, -0.25) is 5.10 Å². The third-order valence-corrected chi connectivity index (χ3v) is 5.35. The summed E-state index contributed by atoms with van der Waals surface area (Å²) in [6.45, 7) is 5.52. The van der Waals surface area contributed by atoms with Crippen molar-refractivity contribution >= 4 is 28.3 Å². The third kappa shape index (κ3) is 4.09. The Balaban J connectivity index is 1.46. The number of nitrogens with zero attached hydrogens (tertiary/aromatic N) is 3. The topological polar surface area (TPSA) is 102 Å². The highest BCUT2D eigenvalue weighted by molar-refractivity contribution is 6.16. The molecule has 1 aromatic carbocycles. The highest BCUT2D eigenvalue weighted by atomic mass is 19.1. The van der Waals surface area contributed by atoms with Crippen molar-refractivity contribution < 1.29 is 9.13 Å². The standard InChI is InChI=1S/C22H24FN7O/c1-12-9-15-16(25-12)3-4-18(21(15)23)31-22-26-17(14-5-7-24-8-6-14)11-19(28-22)27-20-10-13(2)29-30-20/h3-5,9-10,22,24-25H,6-8,11H2,1-2H3,(H2,27,28,29,30). The van der Waals surface area contributed by atoms with E-state index >= 15 is 4.39 Å². The molecule has 4 heterocycles. The Hall–Kier alpha value is -3.46. The summed E-state index contributed by atoms with van der Waals surface area (Å²) in [7, 11) is 0. The summed E-state index contributed by atoms with van der Waals surface area (Å²) < 4.78 is 21.0. The first-order chi connectivity index (χ1) is 15.0. The van der Waals surface area contributed by atoms with Crippen LogP contribution in [0, 0.1) is 19.7 Å². The van der Waals surface area contributed by atoms with Crippen LogP contribution in [-0.2, 0) is 0 Å². The summed E-state index contributed by atoms with van der Waals surface area (Å²) in [5.41, 5.74) is 4.63. The molecule has 31 heavy (non-hydrogen) atoms. The number of ether oxygens (including phenoxy) is 1. The Labute approximate surface area is 178 Å². The lowest BCUT2D eigenvalue weighted by Gasteiger charge is -2.24. The number of amidine groups is 1. The number of fused-ring (bicyclic) bond motifs is 1. The molecule has 2 aliphatic heterocycles. The van der Waals surface area contributed by atoms with Crippen molar-refractivity contribution in [3.63, 3.8) is 0 Å². The molecule has 8 nitrogen and oxygen atoms in total. The first-order valence-electron chi connectivity index (χ1n) is 10.3. The van der Waals surface area contributed by atoms with Crippen LogP contribution < -0.4 is 15.4 Å². The van der Waals surface area contributed by atoms with Crippen molar-refractivity contribution in [2.24, 2.45) is 9.98 Å². The van der Waals surface area contributed by atoms with E-state index in [9.17, 15) is 0 Å². The van der Waals surface area contributed by atoms with Crippen LogP contribution in [0.1, 0.15) is 24.2 Å². The Morgan fingerprint density at radius 3 is 2.84 bits per heavy atom. The average Bonchev–Trinajstić information content (AvgIpc) is 3.35. The van der Waals surface area contributed by atoms with Crippen LogP contribution >= 0.6 is 0 Å². The lowest BCUT2D eigenvalue weighted by molar-refractivity contribution is 0.211. The quantitative estimate of drug-likeness (QED) is 0.517. The molecule has 9 heteroatoms. The van der Waals surface area contributed by atoms with Crippen LogP contribution in [0.15, 0.2) is 45.9 Å². The van der Waals surface area contributed by atoms with Crippen LogP contribution in [-0.4, -0.2) is 46.2 Å². The molecule has 4 N–H and O–H groups in total. The molecule has 0 aliphatic carbocycles. The SMILES string of the molecule is Cc1cc(NC2=NC(Oc3ccc4[nH]c(C)cc4c3F)N=C(C3=CCNCC3)C2)n[nH]1. The molecule has 0 saturated heterocycles. The van der Waals surface area contributed by atoms with Gasteiger partial charge in [0.2, 0.25) is 0 Å². The van der Waals surface area contributed by atoms with Crippen molar-refractivity contribution in [1.82, 2.24) is 20.5 Å². The van der Waals surface area contributed by atoms with Crippen molar-refractivity contribution in [3.8, 4) is 5.75 Å². The van der Waals surface area contributed by atoms with Gasteiger partial charge in [0, 0.05) is 41.3 Å². The molecule has 160 valence electrons. The number of aliphatic imine (C=N–C) groups is 2. The van der Waals surface area contributed by atoms with Crippen molar-refractivity contribution in [3.05, 3.63) is 53.1 Å². The average molecular weight is 421 g/mol. The van der Waals surface area contributed by atoms with Gasteiger partial charge in [-0.05, 0) is 50.6 Å². The Bertz CT molecular complexity index is 1220. The van der Waals surface area contributed by atoms with Crippen LogP contribution in [0.5, 0.6) is 5.75 Å². The van der Waals surface area contributed by atoms with E-state index in [0.29, 0.717) is 23.5 Å². The molecule has 0 radical (unpaired) electrons. The summed E-state index contributed by atoms with van der Waals surface area (Å²) in [4.78, 5) is 12.4. The maximum Gasteiger partial charge on any atom is 0.289 e. The fourth-order valence-electron chi connectivity index (χ4n) is 3.88. The van der Waals surface area contributed by atoms with Gasteiger partial charge in [0.1, 0.15) is 5.84 Å². The van der Waals surface area contributed by atoms with Crippen molar-refractivity contribution in [2.75, 3.05) is 18.4 Å². The molecule has 1 atom stereocenters. The van der Waals surface area contributed by atoms with E-state index < -0.39 is 12.2 Å². The molecule has 2 aromatic heterocycles. The Morgan fingerprint density at radius 2 is 2.06 bits per heavy atom. The second kappa shape index (κ2) is 7.99. The Kier molecular flexibility index (Phi) is 5.03. The number of hydrogen-bond acceptors (Lipinski definition) is 6. The molecule has 0 bridgehead atoms. The minimum atomic E-state index is -0.880. The molecule has 0 spiro atoms. The van der Waals surface area contributed by atoms with Crippen molar-refractivity contribution in [2.45, 2.75) is 33.0 Å². The molecule has 3 aromatic rings. The summed E-state index contributed by atoms with van der Waals surface area (Å²) >= 11 is 0. The van der Waals surface area contributed by atoms with Gasteiger partial charge in [0.05, 0.1) is 5.71 Å². The number of aromatic amines is 2. The zero-order valence-electron chi connectivity index (χ0n) is 17.4. The number of aromatic nitrogens is 3. The molecule has 0 fully saturated rings. The highest BCUT2D eigenvalue weighted by Gasteiger charge is 2.23. The first-order valence-corrected chi connectivity index (χ1v) is 10.3. The molecule has 5 rings (SSSR count). The fourth-order valence-corrected chi connectivity index (χ4v) is 3.88. The summed E-state index contributed by atoms with van der Waals surface area (Å²) in [6, 6.07) is 7.08. The summed E-state index contributed by atoms with van der Waals surface area (Å²) in [5, 5.41) is 14.2. The fraction of sp³-hybridized carbons (Fsp3) is 0.318. The van der Waals surface area contributed by atoms with Crippen molar-refractivity contribution in [1.29, 1.82) is 0 Å². The minimum Gasteiger partial charge on any atom is -0.446 e. The molecular weight excluding hydrogens is 397 g/mol. The van der Waals surface area contributed by atoms with E-state index in [4.69, 9.17) is 9.73 Å². The van der Waals surface area contributed by atoms with Crippen LogP contribution in [0.4, 0.5) is 10.2 Å². The maximum absolute atomic E-state index is 15.0. The van der Waals surface area contributed by atoms with Gasteiger partial charge in [-0.25, -0.2) is 14.4 Å². The third-order valence-electron chi connectivity index (χ3n) is 5.35. The smallest absolute Gasteiger partial charge is 0.289 e. The highest BCUT2D eigenvalue weighted by Crippen LogP contribution is 2.29. The molecule has 0 saturated carbocycles. The predicted octanol–water partition coefficient (Wildman–Crippen LogP) is 3.58. The van der Waals surface area contributed by atoms with Crippen LogP contribution in [0.3, 0.4) is 0 Å². The van der Waals surface area contributed by atoms with E-state index in [0.717, 1.165) is 47.7 Å². The monoisotopic (exact) mass is 421 g/mol. The molecule has 0 amide bonds. The number of nitrogens with one attached hydrogen (secondary N) is 4. The second-order valence-corrected chi connectivity index (χ2v) is 7.81. The number of anilines is 1. The van der Waals surface area contributed by atoms with Gasteiger partial charge in [0.15, 0.2) is 17.4 Å². The number of H-pyrrole nitrogens is 2. The van der Waals surface area contributed by atoms with Gasteiger partial charge in [-0.15, -0.1) is 0 Å². The summed E-state index contributed by atoms with van der Waals surface area (Å²) in [6.07, 6.45) is 2.67. The van der Waals surface area contributed by atoms with E-state index in [2.05, 4.69) is 36.9 Å². The van der Waals surface area contributed by atoms with Gasteiger partial charge in [0.25, 0.3) is 6.35 Å². The number of aryl methyl sites for hydroxylation is 2. The molecule has 2 aliphatic rings. The normalized spacial score (nSPS) is 19.1. The minimum absolute atomic E-state index is 0.125. The Morgan fingerprint density at radius 1 is 1.16 bits per heavy atom. The number of halogens is 1. The number of benzene rings is 1.